The number of nitrogens with one attached hydrogen (secondary N) is 3. The van der Waals surface area contributed by atoms with Gasteiger partial charge in [0.1, 0.15) is 11.6 Å². The Balaban J connectivity index is 1.80. The predicted molar refractivity (Wildman–Crippen MR) is 93.0 cm³/mol. The molecular formula is C17H14N4O2S. The molecule has 3 aromatic rings. The monoisotopic (exact) mass is 338 g/mol. The molecule has 3 N–H and O–H groups in total. The van der Waals surface area contributed by atoms with Crippen LogP contribution >= 0.6 is 11.8 Å². The molecule has 3 rings (SSSR count). The highest BCUT2D eigenvalue weighted by molar-refractivity contribution is 7.98. The van der Waals surface area contributed by atoms with Gasteiger partial charge in [0.05, 0.1) is 17.1 Å². The highest BCUT2D eigenvalue weighted by Crippen LogP contribution is 2.16. The SMILES string of the molecule is CSc1[nH]c(=O)c(C(=O)NCc2cc3ccccc3[nH]2)cc1C#N. The molecule has 0 spiro atoms. The number of benzene rings is 1. The maximum Gasteiger partial charge on any atom is 0.261 e. The molecule has 0 aliphatic heterocycles. The first-order valence-corrected chi connectivity index (χ1v) is 8.41. The second-order valence-corrected chi connectivity index (χ2v) is 5.95. The van der Waals surface area contributed by atoms with E-state index in [0.29, 0.717) is 5.03 Å². The average molecular weight is 338 g/mol. The number of hydrogen-bond acceptors (Lipinski definition) is 4. The van der Waals surface area contributed by atoms with E-state index in [9.17, 15) is 9.59 Å². The normalized spacial score (nSPS) is 10.5. The maximum atomic E-state index is 12.3. The minimum Gasteiger partial charge on any atom is -0.357 e. The van der Waals surface area contributed by atoms with Crippen LogP contribution in [0, 0.1) is 11.3 Å². The standard InChI is InChI=1S/C17H14N4O2S/c1-24-17-11(8-18)7-13(16(23)21-17)15(22)19-9-12-6-10-4-2-3-5-14(10)20-12/h2-7,20H,9H2,1H3,(H,19,22)(H,21,23). The molecular weight excluding hydrogens is 324 g/mol. The number of H-pyrrole nitrogens is 2. The first-order valence-electron chi connectivity index (χ1n) is 7.18. The maximum absolute atomic E-state index is 12.3. The van der Waals surface area contributed by atoms with Gasteiger partial charge in [0.25, 0.3) is 11.5 Å². The highest BCUT2D eigenvalue weighted by atomic mass is 32.2. The van der Waals surface area contributed by atoms with Gasteiger partial charge < -0.3 is 15.3 Å². The Morgan fingerprint density at radius 2 is 2.08 bits per heavy atom. The van der Waals surface area contributed by atoms with Crippen LogP contribution in [0.5, 0.6) is 0 Å². The van der Waals surface area contributed by atoms with Gasteiger partial charge in [-0.05, 0) is 29.8 Å². The molecule has 6 nitrogen and oxygen atoms in total. The minimum atomic E-state index is -0.515. The van der Waals surface area contributed by atoms with Crippen molar-refractivity contribution in [2.24, 2.45) is 0 Å². The molecule has 0 aliphatic rings. The summed E-state index contributed by atoms with van der Waals surface area (Å²) >= 11 is 1.25. The van der Waals surface area contributed by atoms with Gasteiger partial charge in [-0.2, -0.15) is 5.26 Å². The lowest BCUT2D eigenvalue weighted by Gasteiger charge is -2.05. The van der Waals surface area contributed by atoms with Gasteiger partial charge in [-0.3, -0.25) is 9.59 Å². The molecule has 0 unspecified atom stereocenters. The van der Waals surface area contributed by atoms with Crippen LogP contribution in [0.3, 0.4) is 0 Å². The Labute approximate surface area is 141 Å². The van der Waals surface area contributed by atoms with Crippen molar-refractivity contribution in [3.05, 3.63) is 63.6 Å². The zero-order valence-corrected chi connectivity index (χ0v) is 13.7. The van der Waals surface area contributed by atoms with Gasteiger partial charge in [-0.1, -0.05) is 18.2 Å². The fourth-order valence-electron chi connectivity index (χ4n) is 2.43. The number of pyridine rings is 1. The van der Waals surface area contributed by atoms with Crippen molar-refractivity contribution in [1.82, 2.24) is 15.3 Å². The number of fused-ring (bicyclic) bond motifs is 1. The number of thioether (sulfide) groups is 1. The summed E-state index contributed by atoms with van der Waals surface area (Å²) in [5.74, 6) is -0.515. The molecule has 0 saturated heterocycles. The molecule has 0 saturated carbocycles. The van der Waals surface area contributed by atoms with Crippen LogP contribution in [0.25, 0.3) is 10.9 Å². The van der Waals surface area contributed by atoms with Crippen molar-refractivity contribution >= 4 is 28.6 Å². The van der Waals surface area contributed by atoms with E-state index in [2.05, 4.69) is 15.3 Å². The lowest BCUT2D eigenvalue weighted by atomic mass is 10.2. The van der Waals surface area contributed by atoms with E-state index in [0.717, 1.165) is 16.6 Å². The average Bonchev–Trinajstić information content (AvgIpc) is 3.02. The highest BCUT2D eigenvalue weighted by Gasteiger charge is 2.14. The van der Waals surface area contributed by atoms with Crippen LogP contribution in [-0.4, -0.2) is 22.1 Å². The van der Waals surface area contributed by atoms with Gasteiger partial charge in [-0.25, -0.2) is 0 Å². The number of carbonyl (C=O) groups excluding carboxylic acids is 1. The molecule has 0 radical (unpaired) electrons. The summed E-state index contributed by atoms with van der Waals surface area (Å²) in [6.07, 6.45) is 1.75. The lowest BCUT2D eigenvalue weighted by Crippen LogP contribution is -2.29. The summed E-state index contributed by atoms with van der Waals surface area (Å²) < 4.78 is 0. The number of para-hydroxylation sites is 1. The summed E-state index contributed by atoms with van der Waals surface area (Å²) in [7, 11) is 0. The number of aromatic amines is 2. The molecule has 0 aliphatic carbocycles. The van der Waals surface area contributed by atoms with Crippen molar-refractivity contribution < 1.29 is 4.79 Å². The van der Waals surface area contributed by atoms with Crippen LogP contribution in [-0.2, 0) is 6.54 Å². The van der Waals surface area contributed by atoms with Crippen LogP contribution in [0.2, 0.25) is 0 Å². The number of aromatic nitrogens is 2. The first-order chi connectivity index (χ1) is 11.6. The van der Waals surface area contributed by atoms with Gasteiger partial charge >= 0.3 is 0 Å². The van der Waals surface area contributed by atoms with Crippen LogP contribution in [0.4, 0.5) is 0 Å². The molecule has 24 heavy (non-hydrogen) atoms. The smallest absolute Gasteiger partial charge is 0.261 e. The summed E-state index contributed by atoms with van der Waals surface area (Å²) in [6.45, 7) is 0.263. The topological polar surface area (TPSA) is 102 Å². The van der Waals surface area contributed by atoms with E-state index in [1.54, 1.807) is 6.26 Å². The number of rotatable bonds is 4. The number of nitriles is 1. The summed E-state index contributed by atoms with van der Waals surface area (Å²) in [4.78, 5) is 30.0. The van der Waals surface area contributed by atoms with E-state index < -0.39 is 11.5 Å². The second kappa shape index (κ2) is 6.64. The van der Waals surface area contributed by atoms with Crippen LogP contribution in [0.1, 0.15) is 21.6 Å². The molecule has 7 heteroatoms. The molecule has 120 valence electrons. The van der Waals surface area contributed by atoms with E-state index >= 15 is 0 Å². The second-order valence-electron chi connectivity index (χ2n) is 5.14. The van der Waals surface area contributed by atoms with Gasteiger partial charge in [0.15, 0.2) is 0 Å². The number of amides is 1. The quantitative estimate of drug-likeness (QED) is 0.636. The third kappa shape index (κ3) is 3.05. The fourth-order valence-corrected chi connectivity index (χ4v) is 2.94. The van der Waals surface area contributed by atoms with Crippen LogP contribution < -0.4 is 10.9 Å². The fraction of sp³-hybridized carbons (Fsp3) is 0.118. The summed E-state index contributed by atoms with van der Waals surface area (Å²) in [5, 5.41) is 13.3. The molecule has 0 atom stereocenters. The predicted octanol–water partition coefficient (Wildman–Crippen LogP) is 2.38. The van der Waals surface area contributed by atoms with Crippen molar-refractivity contribution in [2.75, 3.05) is 6.26 Å². The number of nitrogens with zero attached hydrogens (tertiary/aromatic N) is 1. The van der Waals surface area contributed by atoms with Gasteiger partial charge in [0.2, 0.25) is 0 Å². The molecule has 1 aromatic carbocycles. The molecule has 2 heterocycles. The lowest BCUT2D eigenvalue weighted by molar-refractivity contribution is 0.0948. The van der Waals surface area contributed by atoms with Crippen molar-refractivity contribution in [3.8, 4) is 6.07 Å². The Kier molecular flexibility index (Phi) is 4.40. The van der Waals surface area contributed by atoms with Gasteiger partial charge in [-0.15, -0.1) is 11.8 Å². The van der Waals surface area contributed by atoms with Crippen LogP contribution in [0.15, 0.2) is 46.2 Å². The number of carbonyl (C=O) groups is 1. The Morgan fingerprint density at radius 3 is 2.79 bits per heavy atom. The van der Waals surface area contributed by atoms with E-state index in [4.69, 9.17) is 5.26 Å². The summed E-state index contributed by atoms with van der Waals surface area (Å²) in [5.41, 5.74) is 1.52. The molecule has 0 fully saturated rings. The Bertz CT molecular complexity index is 980. The van der Waals surface area contributed by atoms with E-state index in [1.165, 1.54) is 17.8 Å². The van der Waals surface area contributed by atoms with Crippen molar-refractivity contribution in [1.29, 1.82) is 5.26 Å². The molecule has 2 aromatic heterocycles. The number of hydrogen-bond donors (Lipinski definition) is 3. The van der Waals surface area contributed by atoms with Crippen molar-refractivity contribution in [3.63, 3.8) is 0 Å². The van der Waals surface area contributed by atoms with Crippen molar-refractivity contribution in [2.45, 2.75) is 11.6 Å². The third-order valence-corrected chi connectivity index (χ3v) is 4.33. The zero-order chi connectivity index (χ0) is 17.1. The largest absolute Gasteiger partial charge is 0.357 e. The Morgan fingerprint density at radius 1 is 1.29 bits per heavy atom. The Hall–Kier alpha value is -2.98. The van der Waals surface area contributed by atoms with Gasteiger partial charge in [0, 0.05) is 11.2 Å². The minimum absolute atomic E-state index is 0.0690. The summed E-state index contributed by atoms with van der Waals surface area (Å²) in [6, 6.07) is 13.0. The third-order valence-electron chi connectivity index (χ3n) is 3.60. The first kappa shape index (κ1) is 15.9. The molecule has 1 amide bonds. The zero-order valence-electron chi connectivity index (χ0n) is 12.8. The molecule has 0 bridgehead atoms. The van der Waals surface area contributed by atoms with E-state index in [1.807, 2.05) is 36.4 Å². The van der Waals surface area contributed by atoms with E-state index in [-0.39, 0.29) is 17.7 Å².